The van der Waals surface area contributed by atoms with Crippen molar-refractivity contribution >= 4 is 46.3 Å². The summed E-state index contributed by atoms with van der Waals surface area (Å²) in [5, 5.41) is 6.99. The molecule has 0 unspecified atom stereocenters. The van der Waals surface area contributed by atoms with Gasteiger partial charge in [-0.1, -0.05) is 41.4 Å². The number of hydrogen-bond donors (Lipinski definition) is 2. The second-order valence-electron chi connectivity index (χ2n) is 5.04. The number of halogens is 2. The predicted molar refractivity (Wildman–Crippen MR) is 98.4 cm³/mol. The molecule has 1 amide bonds. The Morgan fingerprint density at radius 2 is 1.58 bits per heavy atom. The third-order valence-electron chi connectivity index (χ3n) is 3.19. The molecule has 0 bridgehead atoms. The van der Waals surface area contributed by atoms with Gasteiger partial charge in [0.2, 0.25) is 0 Å². The van der Waals surface area contributed by atoms with Crippen LogP contribution in [0.4, 0.5) is 17.2 Å². The van der Waals surface area contributed by atoms with Gasteiger partial charge in [0.1, 0.15) is 5.82 Å². The fraction of sp³-hybridized carbons (Fsp3) is 0. The van der Waals surface area contributed by atoms with Crippen molar-refractivity contribution in [2.24, 2.45) is 0 Å². The van der Waals surface area contributed by atoms with Crippen molar-refractivity contribution in [1.29, 1.82) is 0 Å². The first-order valence-electron chi connectivity index (χ1n) is 7.16. The summed E-state index contributed by atoms with van der Waals surface area (Å²) >= 11 is 11.9. The first-order valence-corrected chi connectivity index (χ1v) is 7.91. The predicted octanol–water partition coefficient (Wildman–Crippen LogP) is 5.38. The van der Waals surface area contributed by atoms with Crippen LogP contribution >= 0.6 is 23.2 Å². The molecule has 0 atom stereocenters. The summed E-state index contributed by atoms with van der Waals surface area (Å²) in [5.74, 6) is 0.268. The maximum absolute atomic E-state index is 12.1. The van der Waals surface area contributed by atoms with Crippen LogP contribution < -0.4 is 10.6 Å². The number of hydrogen-bond acceptors (Lipinski definition) is 3. The number of anilines is 3. The summed E-state index contributed by atoms with van der Waals surface area (Å²) in [6.45, 7) is 0. The number of carbonyl (C=O) groups excluding carboxylic acids is 1. The first-order chi connectivity index (χ1) is 11.6. The monoisotopic (exact) mass is 357 g/mol. The van der Waals surface area contributed by atoms with Gasteiger partial charge >= 0.3 is 0 Å². The number of nitrogens with zero attached hydrogens (tertiary/aromatic N) is 1. The minimum absolute atomic E-state index is 0.203. The molecule has 3 rings (SSSR count). The molecule has 0 aliphatic carbocycles. The largest absolute Gasteiger partial charge is 0.354 e. The van der Waals surface area contributed by atoms with Crippen molar-refractivity contribution in [1.82, 2.24) is 4.98 Å². The van der Waals surface area contributed by atoms with Crippen molar-refractivity contribution in [3.05, 3.63) is 82.5 Å². The molecular formula is C18H13Cl2N3O. The lowest BCUT2D eigenvalue weighted by Crippen LogP contribution is -2.12. The van der Waals surface area contributed by atoms with E-state index in [1.54, 1.807) is 42.6 Å². The molecule has 0 saturated carbocycles. The van der Waals surface area contributed by atoms with Gasteiger partial charge < -0.3 is 10.6 Å². The van der Waals surface area contributed by atoms with Crippen molar-refractivity contribution in [3.63, 3.8) is 0 Å². The number of nitrogens with one attached hydrogen (secondary N) is 2. The zero-order valence-electron chi connectivity index (χ0n) is 12.5. The molecule has 6 heteroatoms. The third-order valence-corrected chi connectivity index (χ3v) is 3.63. The summed E-state index contributed by atoms with van der Waals surface area (Å²) in [6.07, 6.45) is 1.62. The minimum atomic E-state index is -0.203. The quantitative estimate of drug-likeness (QED) is 0.658. The molecule has 3 aromatic rings. The zero-order valence-corrected chi connectivity index (χ0v) is 14.0. The Kier molecular flexibility index (Phi) is 4.99. The van der Waals surface area contributed by atoms with Crippen LogP contribution in [0.1, 0.15) is 10.4 Å². The Labute approximate surface area is 149 Å². The fourth-order valence-corrected chi connectivity index (χ4v) is 2.64. The van der Waals surface area contributed by atoms with Crippen LogP contribution in [-0.2, 0) is 0 Å². The van der Waals surface area contributed by atoms with Crippen molar-refractivity contribution in [3.8, 4) is 0 Å². The van der Waals surface area contributed by atoms with E-state index in [4.69, 9.17) is 23.2 Å². The second-order valence-corrected chi connectivity index (χ2v) is 5.91. The number of aromatic nitrogens is 1. The standard InChI is InChI=1S/C18H13Cl2N3O/c19-13-8-14(20)10-16(9-13)22-15-6-7-17(21-11-15)23-18(24)12-4-2-1-3-5-12/h1-11,22H,(H,21,23,24). The molecule has 0 fully saturated rings. The topological polar surface area (TPSA) is 54.0 Å². The van der Waals surface area contributed by atoms with Gasteiger partial charge in [-0.3, -0.25) is 4.79 Å². The Morgan fingerprint density at radius 1 is 0.875 bits per heavy atom. The lowest BCUT2D eigenvalue weighted by Gasteiger charge is -2.09. The van der Waals surface area contributed by atoms with Gasteiger partial charge in [0.15, 0.2) is 0 Å². The summed E-state index contributed by atoms with van der Waals surface area (Å²) in [4.78, 5) is 16.3. The normalized spacial score (nSPS) is 10.2. The molecule has 120 valence electrons. The van der Waals surface area contributed by atoms with Gasteiger partial charge in [-0.25, -0.2) is 4.98 Å². The van der Waals surface area contributed by atoms with Gasteiger partial charge in [0.05, 0.1) is 11.9 Å². The molecule has 2 N–H and O–H groups in total. The van der Waals surface area contributed by atoms with E-state index >= 15 is 0 Å². The van der Waals surface area contributed by atoms with E-state index < -0.39 is 0 Å². The average Bonchev–Trinajstić information content (AvgIpc) is 2.56. The van der Waals surface area contributed by atoms with E-state index in [0.29, 0.717) is 21.4 Å². The summed E-state index contributed by atoms with van der Waals surface area (Å²) in [5.41, 5.74) is 2.09. The van der Waals surface area contributed by atoms with Gasteiger partial charge in [-0.05, 0) is 42.5 Å². The zero-order chi connectivity index (χ0) is 16.9. The Balaban J connectivity index is 1.68. The highest BCUT2D eigenvalue weighted by Gasteiger charge is 2.06. The number of carbonyl (C=O) groups is 1. The van der Waals surface area contributed by atoms with Crippen LogP contribution in [0.15, 0.2) is 66.9 Å². The van der Waals surface area contributed by atoms with Crippen LogP contribution in [0, 0.1) is 0 Å². The fourth-order valence-electron chi connectivity index (χ4n) is 2.11. The van der Waals surface area contributed by atoms with E-state index in [1.807, 2.05) is 24.3 Å². The molecule has 0 spiro atoms. The molecular weight excluding hydrogens is 345 g/mol. The lowest BCUT2D eigenvalue weighted by molar-refractivity contribution is 0.102. The Hall–Kier alpha value is -2.56. The number of benzene rings is 2. The summed E-state index contributed by atoms with van der Waals surface area (Å²) in [6, 6.07) is 17.7. The van der Waals surface area contributed by atoms with Crippen LogP contribution in [-0.4, -0.2) is 10.9 Å². The molecule has 0 aliphatic rings. The maximum Gasteiger partial charge on any atom is 0.256 e. The average molecular weight is 358 g/mol. The molecule has 0 radical (unpaired) electrons. The molecule has 0 saturated heterocycles. The van der Waals surface area contributed by atoms with E-state index in [9.17, 15) is 4.79 Å². The molecule has 1 aromatic heterocycles. The van der Waals surface area contributed by atoms with Crippen LogP contribution in [0.2, 0.25) is 10.0 Å². The maximum atomic E-state index is 12.1. The molecule has 4 nitrogen and oxygen atoms in total. The summed E-state index contributed by atoms with van der Waals surface area (Å²) < 4.78 is 0. The Bertz CT molecular complexity index is 832. The van der Waals surface area contributed by atoms with E-state index in [2.05, 4.69) is 15.6 Å². The minimum Gasteiger partial charge on any atom is -0.354 e. The molecule has 24 heavy (non-hydrogen) atoms. The van der Waals surface area contributed by atoms with E-state index in [-0.39, 0.29) is 5.91 Å². The third kappa shape index (κ3) is 4.25. The molecule has 0 aliphatic heterocycles. The number of amides is 1. The SMILES string of the molecule is O=C(Nc1ccc(Nc2cc(Cl)cc(Cl)c2)cn1)c1ccccc1. The van der Waals surface area contributed by atoms with E-state index in [0.717, 1.165) is 11.4 Å². The van der Waals surface area contributed by atoms with Crippen LogP contribution in [0.3, 0.4) is 0 Å². The lowest BCUT2D eigenvalue weighted by atomic mass is 10.2. The highest BCUT2D eigenvalue weighted by atomic mass is 35.5. The highest BCUT2D eigenvalue weighted by molar-refractivity contribution is 6.35. The number of rotatable bonds is 4. The van der Waals surface area contributed by atoms with Crippen LogP contribution in [0.5, 0.6) is 0 Å². The second kappa shape index (κ2) is 7.34. The van der Waals surface area contributed by atoms with Crippen molar-refractivity contribution in [2.45, 2.75) is 0 Å². The first kappa shape index (κ1) is 16.3. The van der Waals surface area contributed by atoms with Gasteiger partial charge in [0, 0.05) is 21.3 Å². The van der Waals surface area contributed by atoms with Crippen molar-refractivity contribution in [2.75, 3.05) is 10.6 Å². The number of pyridine rings is 1. The van der Waals surface area contributed by atoms with Gasteiger partial charge in [-0.15, -0.1) is 0 Å². The highest BCUT2D eigenvalue weighted by Crippen LogP contribution is 2.25. The van der Waals surface area contributed by atoms with Crippen molar-refractivity contribution < 1.29 is 4.79 Å². The van der Waals surface area contributed by atoms with Crippen LogP contribution in [0.25, 0.3) is 0 Å². The summed E-state index contributed by atoms with van der Waals surface area (Å²) in [7, 11) is 0. The van der Waals surface area contributed by atoms with Gasteiger partial charge in [0.25, 0.3) is 5.91 Å². The van der Waals surface area contributed by atoms with E-state index in [1.165, 1.54) is 0 Å². The molecule has 2 aromatic carbocycles. The molecule has 1 heterocycles. The van der Waals surface area contributed by atoms with Gasteiger partial charge in [-0.2, -0.15) is 0 Å². The Morgan fingerprint density at radius 3 is 2.21 bits per heavy atom. The smallest absolute Gasteiger partial charge is 0.256 e.